The van der Waals surface area contributed by atoms with Gasteiger partial charge in [0.15, 0.2) is 0 Å². The third-order valence-electron chi connectivity index (χ3n) is 5.22. The fourth-order valence-corrected chi connectivity index (χ4v) is 3.28. The van der Waals surface area contributed by atoms with Gasteiger partial charge in [-0.1, -0.05) is 38.0 Å². The van der Waals surface area contributed by atoms with Gasteiger partial charge in [0.25, 0.3) is 5.56 Å². The summed E-state index contributed by atoms with van der Waals surface area (Å²) in [7, 11) is 3.52. The lowest BCUT2D eigenvalue weighted by atomic mass is 10.0. The summed E-state index contributed by atoms with van der Waals surface area (Å²) >= 11 is 0. The molecule has 0 atom stereocenters. The average Bonchev–Trinajstić information content (AvgIpc) is 3.35. The number of hydrogen-bond donors (Lipinski definition) is 1. The Bertz CT molecular complexity index is 927. The largest absolute Gasteiger partial charge is 0.357 e. The van der Waals surface area contributed by atoms with E-state index >= 15 is 0 Å². The minimum absolute atomic E-state index is 0.0574. The molecule has 5 nitrogen and oxygen atoms in total. The van der Waals surface area contributed by atoms with Crippen molar-refractivity contribution in [2.45, 2.75) is 45.6 Å². The number of aromatic nitrogens is 2. The van der Waals surface area contributed by atoms with Crippen LogP contribution in [0.15, 0.2) is 41.5 Å². The van der Waals surface area contributed by atoms with Gasteiger partial charge in [-0.15, -0.1) is 0 Å². The maximum absolute atomic E-state index is 12.7. The van der Waals surface area contributed by atoms with Crippen LogP contribution in [0.1, 0.15) is 44.6 Å². The summed E-state index contributed by atoms with van der Waals surface area (Å²) in [6, 6.07) is 1.97. The standard InChI is InChI=1S/C22H29N3O2/c1-4-17(7-5-6-8-20(26)24(2)3)19-15-25(14-12-16-9-10-16)22(27)21-18(19)11-13-23-21/h5-7,11,13,15-16,23H,4,8-10,12,14H2,1-3H3/b6-5-,17-7+. The third kappa shape index (κ3) is 4.59. The van der Waals surface area contributed by atoms with Crippen molar-refractivity contribution < 1.29 is 4.79 Å². The fourth-order valence-electron chi connectivity index (χ4n) is 3.28. The van der Waals surface area contributed by atoms with Crippen LogP contribution in [-0.2, 0) is 11.3 Å². The highest BCUT2D eigenvalue weighted by Crippen LogP contribution is 2.33. The van der Waals surface area contributed by atoms with Gasteiger partial charge in [0.2, 0.25) is 5.91 Å². The molecule has 1 aliphatic rings. The molecule has 0 saturated heterocycles. The van der Waals surface area contributed by atoms with Crippen molar-refractivity contribution in [2.75, 3.05) is 14.1 Å². The van der Waals surface area contributed by atoms with Crippen LogP contribution in [0.3, 0.4) is 0 Å². The number of fused-ring (bicyclic) bond motifs is 1. The number of carbonyl (C=O) groups excluding carboxylic acids is 1. The molecule has 1 aliphatic carbocycles. The van der Waals surface area contributed by atoms with Gasteiger partial charge in [0.05, 0.1) is 0 Å². The van der Waals surface area contributed by atoms with Crippen LogP contribution in [0.25, 0.3) is 16.5 Å². The number of pyridine rings is 1. The van der Waals surface area contributed by atoms with Crippen LogP contribution < -0.4 is 5.56 Å². The molecule has 144 valence electrons. The number of aryl methyl sites for hydroxylation is 1. The predicted octanol–water partition coefficient (Wildman–Crippen LogP) is 3.96. The highest BCUT2D eigenvalue weighted by atomic mass is 16.2. The molecule has 0 aliphatic heterocycles. The van der Waals surface area contributed by atoms with E-state index in [9.17, 15) is 9.59 Å². The number of hydrogen-bond acceptors (Lipinski definition) is 2. The molecule has 0 bridgehead atoms. The number of amides is 1. The molecule has 1 N–H and O–H groups in total. The average molecular weight is 367 g/mol. The van der Waals surface area contributed by atoms with Crippen LogP contribution >= 0.6 is 0 Å². The second kappa shape index (κ2) is 8.42. The Hall–Kier alpha value is -2.56. The molecule has 1 amide bonds. The predicted molar refractivity (Wildman–Crippen MR) is 111 cm³/mol. The van der Waals surface area contributed by atoms with Gasteiger partial charge in [0.1, 0.15) is 5.52 Å². The van der Waals surface area contributed by atoms with Crippen molar-refractivity contribution in [2.24, 2.45) is 5.92 Å². The Morgan fingerprint density at radius 1 is 1.37 bits per heavy atom. The minimum atomic E-state index is 0.0574. The van der Waals surface area contributed by atoms with Crippen molar-refractivity contribution >= 4 is 22.4 Å². The van der Waals surface area contributed by atoms with E-state index in [4.69, 9.17) is 0 Å². The number of nitrogens with zero attached hydrogens (tertiary/aromatic N) is 2. The van der Waals surface area contributed by atoms with E-state index in [-0.39, 0.29) is 11.5 Å². The molecule has 2 aromatic heterocycles. The smallest absolute Gasteiger partial charge is 0.274 e. The number of rotatable bonds is 8. The topological polar surface area (TPSA) is 58.1 Å². The molecule has 0 unspecified atom stereocenters. The minimum Gasteiger partial charge on any atom is -0.357 e. The molecular formula is C22H29N3O2. The molecule has 0 aromatic carbocycles. The first-order valence-electron chi connectivity index (χ1n) is 9.78. The molecule has 1 saturated carbocycles. The second-order valence-corrected chi connectivity index (χ2v) is 7.51. The Kier molecular flexibility index (Phi) is 5.99. The van der Waals surface area contributed by atoms with Crippen molar-refractivity contribution in [1.29, 1.82) is 0 Å². The monoisotopic (exact) mass is 367 g/mol. The number of carbonyl (C=O) groups is 1. The van der Waals surface area contributed by atoms with Crippen molar-refractivity contribution in [3.05, 3.63) is 52.6 Å². The molecule has 1 fully saturated rings. The quantitative estimate of drug-likeness (QED) is 0.718. The first kappa shape index (κ1) is 19.2. The molecule has 2 heterocycles. The van der Waals surface area contributed by atoms with Gasteiger partial charge in [-0.2, -0.15) is 0 Å². The van der Waals surface area contributed by atoms with E-state index in [1.54, 1.807) is 19.0 Å². The van der Waals surface area contributed by atoms with Gasteiger partial charge in [-0.3, -0.25) is 9.59 Å². The highest BCUT2D eigenvalue weighted by molar-refractivity contribution is 5.91. The zero-order valence-electron chi connectivity index (χ0n) is 16.5. The van der Waals surface area contributed by atoms with Crippen LogP contribution in [0, 0.1) is 5.92 Å². The molecule has 2 aromatic rings. The lowest BCUT2D eigenvalue weighted by molar-refractivity contribution is -0.127. The summed E-state index contributed by atoms with van der Waals surface area (Å²) in [5.74, 6) is 0.873. The SMILES string of the molecule is CC/C(=C\C=C/CC(=O)N(C)C)c1cn(CCC2CC2)c(=O)c2[nH]ccc12. The molecule has 3 rings (SSSR count). The first-order chi connectivity index (χ1) is 13.0. The maximum Gasteiger partial charge on any atom is 0.274 e. The van der Waals surface area contributed by atoms with E-state index < -0.39 is 0 Å². The van der Waals surface area contributed by atoms with Crippen LogP contribution in [0.4, 0.5) is 0 Å². The van der Waals surface area contributed by atoms with Crippen molar-refractivity contribution in [3.8, 4) is 0 Å². The van der Waals surface area contributed by atoms with Gasteiger partial charge in [-0.25, -0.2) is 0 Å². The van der Waals surface area contributed by atoms with Gasteiger partial charge < -0.3 is 14.5 Å². The molecule has 5 heteroatoms. The Balaban J connectivity index is 1.89. The fraction of sp³-hybridized carbons (Fsp3) is 0.455. The lowest BCUT2D eigenvalue weighted by Crippen LogP contribution is -2.21. The lowest BCUT2D eigenvalue weighted by Gasteiger charge is -2.12. The van der Waals surface area contributed by atoms with E-state index in [1.165, 1.54) is 12.8 Å². The van der Waals surface area contributed by atoms with E-state index in [2.05, 4.69) is 18.0 Å². The van der Waals surface area contributed by atoms with Gasteiger partial charge in [0, 0.05) is 50.4 Å². The number of allylic oxidation sites excluding steroid dienone is 3. The second-order valence-electron chi connectivity index (χ2n) is 7.51. The summed E-state index contributed by atoms with van der Waals surface area (Å²) in [4.78, 5) is 29.1. The van der Waals surface area contributed by atoms with Crippen LogP contribution in [0.5, 0.6) is 0 Å². The van der Waals surface area contributed by atoms with E-state index in [1.807, 2.05) is 35.2 Å². The number of H-pyrrole nitrogens is 1. The Morgan fingerprint density at radius 2 is 2.15 bits per heavy atom. The van der Waals surface area contributed by atoms with Gasteiger partial charge >= 0.3 is 0 Å². The third-order valence-corrected chi connectivity index (χ3v) is 5.22. The summed E-state index contributed by atoms with van der Waals surface area (Å²) in [6.07, 6.45) is 14.6. The van der Waals surface area contributed by atoms with Crippen molar-refractivity contribution in [1.82, 2.24) is 14.5 Å². The van der Waals surface area contributed by atoms with E-state index in [0.717, 1.165) is 41.8 Å². The van der Waals surface area contributed by atoms with Crippen molar-refractivity contribution in [3.63, 3.8) is 0 Å². The zero-order valence-corrected chi connectivity index (χ0v) is 16.5. The molecule has 0 spiro atoms. The maximum atomic E-state index is 12.7. The molecule has 27 heavy (non-hydrogen) atoms. The Labute approximate surface area is 160 Å². The first-order valence-corrected chi connectivity index (χ1v) is 9.78. The summed E-state index contributed by atoms with van der Waals surface area (Å²) in [6.45, 7) is 2.89. The zero-order chi connectivity index (χ0) is 19.4. The van der Waals surface area contributed by atoms with Gasteiger partial charge in [-0.05, 0) is 30.4 Å². The number of nitrogens with one attached hydrogen (secondary N) is 1. The van der Waals surface area contributed by atoms with E-state index in [0.29, 0.717) is 11.9 Å². The van der Waals surface area contributed by atoms with Crippen LogP contribution in [0.2, 0.25) is 0 Å². The summed E-state index contributed by atoms with van der Waals surface area (Å²) in [5, 5.41) is 0.966. The molecular weight excluding hydrogens is 338 g/mol. The number of aromatic amines is 1. The molecule has 0 radical (unpaired) electrons. The highest BCUT2D eigenvalue weighted by Gasteiger charge is 2.21. The summed E-state index contributed by atoms with van der Waals surface area (Å²) in [5.41, 5.74) is 2.98. The normalized spacial score (nSPS) is 15.0. The summed E-state index contributed by atoms with van der Waals surface area (Å²) < 4.78 is 1.86. The Morgan fingerprint density at radius 3 is 2.81 bits per heavy atom. The van der Waals surface area contributed by atoms with Crippen LogP contribution in [-0.4, -0.2) is 34.5 Å².